The number of ether oxygens (including phenoxy) is 2. The third-order valence-electron chi connectivity index (χ3n) is 3.63. The van der Waals surface area contributed by atoms with E-state index in [9.17, 15) is 0 Å². The Bertz CT molecular complexity index is 633. The molecule has 0 saturated carbocycles. The highest BCUT2D eigenvalue weighted by Crippen LogP contribution is 2.21. The Morgan fingerprint density at radius 2 is 2.35 bits per heavy atom. The lowest BCUT2D eigenvalue weighted by Gasteiger charge is -2.31. The van der Waals surface area contributed by atoms with Crippen LogP contribution in [0.5, 0.6) is 5.75 Å². The third kappa shape index (κ3) is 4.25. The average Bonchev–Trinajstić information content (AvgIpc) is 3.00. The summed E-state index contributed by atoms with van der Waals surface area (Å²) in [5, 5.41) is 21.0. The maximum absolute atomic E-state index is 8.83. The molecule has 1 N–H and O–H groups in total. The summed E-state index contributed by atoms with van der Waals surface area (Å²) in [6, 6.07) is 7.92. The Labute approximate surface area is 134 Å². The molecule has 1 atom stereocenters. The summed E-state index contributed by atoms with van der Waals surface area (Å²) in [5.41, 5.74) is 1.16. The first kappa shape index (κ1) is 15.9. The molecule has 124 valence electrons. The van der Waals surface area contributed by atoms with E-state index in [0.29, 0.717) is 19.0 Å². The molecule has 1 unspecified atom stereocenters. The quantitative estimate of drug-likeness (QED) is 0.811. The van der Waals surface area contributed by atoms with Gasteiger partial charge >= 0.3 is 0 Å². The van der Waals surface area contributed by atoms with Gasteiger partial charge < -0.3 is 14.6 Å². The highest BCUT2D eigenvalue weighted by Gasteiger charge is 2.25. The first-order chi connectivity index (χ1) is 11.2. The van der Waals surface area contributed by atoms with E-state index in [1.807, 2.05) is 18.2 Å². The van der Waals surface area contributed by atoms with Crippen molar-refractivity contribution in [3.05, 3.63) is 35.7 Å². The zero-order valence-electron chi connectivity index (χ0n) is 13.1. The molecule has 1 fully saturated rings. The molecule has 0 radical (unpaired) electrons. The van der Waals surface area contributed by atoms with Crippen LogP contribution in [0.2, 0.25) is 0 Å². The number of tetrazole rings is 1. The second kappa shape index (κ2) is 7.49. The van der Waals surface area contributed by atoms with Crippen LogP contribution >= 0.6 is 0 Å². The Kier molecular flexibility index (Phi) is 5.16. The Morgan fingerprint density at radius 1 is 1.43 bits per heavy atom. The van der Waals surface area contributed by atoms with Crippen LogP contribution in [-0.4, -0.2) is 63.1 Å². The van der Waals surface area contributed by atoms with E-state index in [0.717, 1.165) is 30.9 Å². The lowest BCUT2D eigenvalue weighted by molar-refractivity contribution is -0.0373. The molecule has 1 aliphatic rings. The van der Waals surface area contributed by atoms with Crippen molar-refractivity contribution in [2.75, 3.05) is 32.9 Å². The zero-order valence-corrected chi connectivity index (χ0v) is 13.1. The van der Waals surface area contributed by atoms with Crippen molar-refractivity contribution in [1.29, 1.82) is 0 Å². The fraction of sp³-hybridized carbons (Fsp3) is 0.533. The van der Waals surface area contributed by atoms with Crippen molar-refractivity contribution >= 4 is 0 Å². The van der Waals surface area contributed by atoms with Gasteiger partial charge in [0.1, 0.15) is 18.5 Å². The second-order valence-corrected chi connectivity index (χ2v) is 5.45. The number of aliphatic hydroxyl groups excluding tert-OH is 1. The van der Waals surface area contributed by atoms with Gasteiger partial charge in [0.05, 0.1) is 20.3 Å². The normalized spacial score (nSPS) is 19.0. The Balaban J connectivity index is 1.61. The molecule has 1 aromatic carbocycles. The highest BCUT2D eigenvalue weighted by atomic mass is 16.5. The van der Waals surface area contributed by atoms with Crippen LogP contribution in [-0.2, 0) is 18.3 Å². The molecule has 8 nitrogen and oxygen atoms in total. The summed E-state index contributed by atoms with van der Waals surface area (Å²) in [7, 11) is 1.75. The number of hydrogen-bond acceptors (Lipinski definition) is 7. The molecule has 0 amide bonds. The predicted molar refractivity (Wildman–Crippen MR) is 81.8 cm³/mol. The van der Waals surface area contributed by atoms with Gasteiger partial charge in [-0.15, -0.1) is 10.2 Å². The van der Waals surface area contributed by atoms with E-state index in [1.165, 1.54) is 4.80 Å². The van der Waals surface area contributed by atoms with Crippen molar-refractivity contribution in [3.63, 3.8) is 0 Å². The Hall–Kier alpha value is -2.03. The van der Waals surface area contributed by atoms with Gasteiger partial charge in [-0.3, -0.25) is 4.90 Å². The van der Waals surface area contributed by atoms with Gasteiger partial charge in [-0.1, -0.05) is 12.1 Å². The minimum Gasteiger partial charge on any atom is -0.491 e. The van der Waals surface area contributed by atoms with Crippen molar-refractivity contribution in [1.82, 2.24) is 25.1 Å². The predicted octanol–water partition coefficient (Wildman–Crippen LogP) is 0.155. The molecule has 2 aromatic rings. The monoisotopic (exact) mass is 319 g/mol. The van der Waals surface area contributed by atoms with Crippen LogP contribution in [0, 0.1) is 0 Å². The molecule has 0 bridgehead atoms. The zero-order chi connectivity index (χ0) is 16.1. The standard InChI is InChI=1S/C15H21N5O3/c1-19-17-15(16-18-19)14-11-20(5-7-23-14)10-12-3-2-4-13(9-12)22-8-6-21/h2-4,9,14,21H,5-8,10-11H2,1H3. The van der Waals surface area contributed by atoms with E-state index in [2.05, 4.69) is 26.4 Å². The largest absolute Gasteiger partial charge is 0.491 e. The number of aryl methyl sites for hydroxylation is 1. The molecule has 3 rings (SSSR count). The van der Waals surface area contributed by atoms with Gasteiger partial charge in [0.25, 0.3) is 0 Å². The van der Waals surface area contributed by atoms with Gasteiger partial charge in [-0.25, -0.2) is 0 Å². The fourth-order valence-electron chi connectivity index (χ4n) is 2.59. The molecule has 2 heterocycles. The number of benzene rings is 1. The molecule has 1 saturated heterocycles. The number of hydrogen-bond donors (Lipinski definition) is 1. The summed E-state index contributed by atoms with van der Waals surface area (Å²) in [5.74, 6) is 1.40. The molecular weight excluding hydrogens is 298 g/mol. The van der Waals surface area contributed by atoms with Crippen LogP contribution in [0.25, 0.3) is 0 Å². The molecule has 1 aliphatic heterocycles. The lowest BCUT2D eigenvalue weighted by Crippen LogP contribution is -2.38. The maximum atomic E-state index is 8.83. The van der Waals surface area contributed by atoms with Gasteiger partial charge in [0.2, 0.25) is 5.82 Å². The van der Waals surface area contributed by atoms with Crippen molar-refractivity contribution < 1.29 is 14.6 Å². The van der Waals surface area contributed by atoms with E-state index in [4.69, 9.17) is 14.6 Å². The van der Waals surface area contributed by atoms with E-state index >= 15 is 0 Å². The fourth-order valence-corrected chi connectivity index (χ4v) is 2.59. The minimum atomic E-state index is -0.147. The van der Waals surface area contributed by atoms with Crippen LogP contribution in [0.4, 0.5) is 0 Å². The molecule has 0 aliphatic carbocycles. The topological polar surface area (TPSA) is 85.5 Å². The van der Waals surface area contributed by atoms with Crippen molar-refractivity contribution in [2.45, 2.75) is 12.6 Å². The third-order valence-corrected chi connectivity index (χ3v) is 3.63. The molecule has 23 heavy (non-hydrogen) atoms. The number of nitrogens with zero attached hydrogens (tertiary/aromatic N) is 5. The van der Waals surface area contributed by atoms with E-state index in [1.54, 1.807) is 7.05 Å². The molecular formula is C15H21N5O3. The van der Waals surface area contributed by atoms with E-state index in [-0.39, 0.29) is 12.7 Å². The number of morpholine rings is 1. The van der Waals surface area contributed by atoms with Crippen molar-refractivity contribution in [2.24, 2.45) is 7.05 Å². The lowest BCUT2D eigenvalue weighted by atomic mass is 10.1. The van der Waals surface area contributed by atoms with Gasteiger partial charge in [0.15, 0.2) is 0 Å². The smallest absolute Gasteiger partial charge is 0.204 e. The average molecular weight is 319 g/mol. The molecule has 1 aromatic heterocycles. The molecule has 8 heteroatoms. The number of aromatic nitrogens is 4. The van der Waals surface area contributed by atoms with Crippen LogP contribution in [0.3, 0.4) is 0 Å². The van der Waals surface area contributed by atoms with Gasteiger partial charge in [0, 0.05) is 19.6 Å². The Morgan fingerprint density at radius 3 is 3.13 bits per heavy atom. The van der Waals surface area contributed by atoms with Crippen LogP contribution in [0.15, 0.2) is 24.3 Å². The minimum absolute atomic E-state index is 0.0144. The van der Waals surface area contributed by atoms with Gasteiger partial charge in [-0.05, 0) is 22.9 Å². The second-order valence-electron chi connectivity index (χ2n) is 5.45. The maximum Gasteiger partial charge on any atom is 0.204 e. The highest BCUT2D eigenvalue weighted by molar-refractivity contribution is 5.28. The summed E-state index contributed by atoms with van der Waals surface area (Å²) in [6.45, 7) is 3.36. The summed E-state index contributed by atoms with van der Waals surface area (Å²) in [4.78, 5) is 3.75. The SMILES string of the molecule is Cn1nnc(C2CN(Cc3cccc(OCCO)c3)CCO2)n1. The van der Waals surface area contributed by atoms with Crippen LogP contribution < -0.4 is 4.74 Å². The van der Waals surface area contributed by atoms with Crippen molar-refractivity contribution in [3.8, 4) is 5.75 Å². The number of rotatable bonds is 6. The van der Waals surface area contributed by atoms with Crippen LogP contribution in [0.1, 0.15) is 17.5 Å². The number of aliphatic hydroxyl groups is 1. The summed E-state index contributed by atoms with van der Waals surface area (Å²) >= 11 is 0. The van der Waals surface area contributed by atoms with Gasteiger partial charge in [-0.2, -0.15) is 4.80 Å². The summed E-state index contributed by atoms with van der Waals surface area (Å²) < 4.78 is 11.2. The first-order valence-corrected chi connectivity index (χ1v) is 7.65. The molecule has 0 spiro atoms. The first-order valence-electron chi connectivity index (χ1n) is 7.65. The summed E-state index contributed by atoms with van der Waals surface area (Å²) in [6.07, 6.45) is -0.147. The van der Waals surface area contributed by atoms with E-state index < -0.39 is 0 Å².